The number of anilines is 1. The molecule has 3 aromatic heterocycles. The smallest absolute Gasteiger partial charge is 0.258 e. The van der Waals surface area contributed by atoms with Gasteiger partial charge in [-0.1, -0.05) is 6.07 Å². The highest BCUT2D eigenvalue weighted by Gasteiger charge is 2.24. The average molecular weight is 559 g/mol. The Labute approximate surface area is 242 Å². The summed E-state index contributed by atoms with van der Waals surface area (Å²) in [6, 6.07) is 9.86. The zero-order valence-corrected chi connectivity index (χ0v) is 25.1. The van der Waals surface area contributed by atoms with E-state index in [2.05, 4.69) is 51.4 Å². The van der Waals surface area contributed by atoms with Crippen LogP contribution in [0, 0.1) is 6.92 Å². The molecule has 0 unspecified atom stereocenters. The highest BCUT2D eigenvalue weighted by atomic mass is 16.3. The summed E-state index contributed by atoms with van der Waals surface area (Å²) in [5.74, 6) is 0.608. The Morgan fingerprint density at radius 3 is 2.59 bits per heavy atom. The van der Waals surface area contributed by atoms with Crippen LogP contribution in [0.15, 0.2) is 42.7 Å². The summed E-state index contributed by atoms with van der Waals surface area (Å²) in [7, 11) is 6.11. The third kappa shape index (κ3) is 6.66. The maximum atomic E-state index is 13.4. The zero-order chi connectivity index (χ0) is 29.3. The van der Waals surface area contributed by atoms with Gasteiger partial charge < -0.3 is 19.5 Å². The van der Waals surface area contributed by atoms with Crippen LogP contribution in [0.3, 0.4) is 0 Å². The Balaban J connectivity index is 1.40. The van der Waals surface area contributed by atoms with Gasteiger partial charge in [0.05, 0.1) is 35.1 Å². The molecule has 0 spiro atoms. The largest absolute Gasteiger partial charge is 0.389 e. The average Bonchev–Trinajstić information content (AvgIpc) is 3.44. The molecule has 5 rings (SSSR count). The van der Waals surface area contributed by atoms with Crippen LogP contribution in [0.5, 0.6) is 0 Å². The van der Waals surface area contributed by atoms with Gasteiger partial charge in [-0.3, -0.25) is 19.8 Å². The van der Waals surface area contributed by atoms with Gasteiger partial charge in [-0.25, -0.2) is 4.98 Å². The topological polar surface area (TPSA) is 104 Å². The van der Waals surface area contributed by atoms with E-state index in [1.54, 1.807) is 43.1 Å². The first-order valence-electron chi connectivity index (χ1n) is 14.3. The van der Waals surface area contributed by atoms with E-state index in [4.69, 9.17) is 4.98 Å². The number of pyridine rings is 1. The van der Waals surface area contributed by atoms with Crippen LogP contribution in [0.4, 0.5) is 5.95 Å². The van der Waals surface area contributed by atoms with Crippen LogP contribution < -0.4 is 5.32 Å². The molecule has 41 heavy (non-hydrogen) atoms. The lowest BCUT2D eigenvalue weighted by molar-refractivity contribution is 0.0630. The van der Waals surface area contributed by atoms with Crippen LogP contribution in [0.25, 0.3) is 22.3 Å². The number of amides is 1. The highest BCUT2D eigenvalue weighted by molar-refractivity contribution is 6.04. The summed E-state index contributed by atoms with van der Waals surface area (Å²) in [5.41, 5.74) is 5.00. The molecule has 10 nitrogen and oxygen atoms in total. The minimum Gasteiger partial charge on any atom is -0.389 e. The Kier molecular flexibility index (Phi) is 8.26. The minimum absolute atomic E-state index is 0.284. The number of aromatic nitrogens is 5. The fraction of sp³-hybridized carbons (Fsp3) is 0.484. The van der Waals surface area contributed by atoms with Gasteiger partial charge in [-0.15, -0.1) is 0 Å². The Bertz CT molecular complexity index is 1520. The molecule has 1 aromatic carbocycles. The van der Waals surface area contributed by atoms with Gasteiger partial charge in [0.1, 0.15) is 0 Å². The number of fused-ring (bicyclic) bond motifs is 1. The number of likely N-dealkylation sites (tertiary alicyclic amines) is 1. The van der Waals surface area contributed by atoms with E-state index in [-0.39, 0.29) is 5.91 Å². The quantitative estimate of drug-likeness (QED) is 0.321. The van der Waals surface area contributed by atoms with Gasteiger partial charge in [0.25, 0.3) is 5.91 Å². The monoisotopic (exact) mass is 558 g/mol. The van der Waals surface area contributed by atoms with Crippen molar-refractivity contribution in [2.75, 3.05) is 45.6 Å². The van der Waals surface area contributed by atoms with Crippen molar-refractivity contribution in [3.63, 3.8) is 0 Å². The van der Waals surface area contributed by atoms with E-state index in [1.165, 1.54) is 5.56 Å². The van der Waals surface area contributed by atoms with E-state index in [9.17, 15) is 9.90 Å². The number of aliphatic hydroxyl groups is 1. The van der Waals surface area contributed by atoms with E-state index in [0.717, 1.165) is 61.3 Å². The summed E-state index contributed by atoms with van der Waals surface area (Å²) >= 11 is 0. The van der Waals surface area contributed by atoms with Crippen molar-refractivity contribution in [3.05, 3.63) is 59.5 Å². The number of carbonyl (C=O) groups is 1. The molecule has 218 valence electrons. The van der Waals surface area contributed by atoms with Crippen molar-refractivity contribution in [3.8, 4) is 11.3 Å². The summed E-state index contributed by atoms with van der Waals surface area (Å²) in [6.45, 7) is 10.2. The number of nitrogens with zero attached hydrogens (tertiary/aromatic N) is 7. The molecule has 10 heteroatoms. The molecular formula is C31H42N8O2. The van der Waals surface area contributed by atoms with E-state index in [0.29, 0.717) is 29.7 Å². The van der Waals surface area contributed by atoms with Crippen molar-refractivity contribution < 1.29 is 9.90 Å². The zero-order valence-electron chi connectivity index (χ0n) is 25.1. The second-order valence-corrected chi connectivity index (χ2v) is 12.2. The van der Waals surface area contributed by atoms with E-state index >= 15 is 0 Å². The predicted octanol–water partition coefficient (Wildman–Crippen LogP) is 3.90. The number of piperidine rings is 1. The molecule has 0 aliphatic carbocycles. The minimum atomic E-state index is -0.997. The lowest BCUT2D eigenvalue weighted by Gasteiger charge is -2.32. The summed E-state index contributed by atoms with van der Waals surface area (Å²) < 4.78 is 3.71. The molecule has 2 N–H and O–H groups in total. The molecule has 0 saturated carbocycles. The van der Waals surface area contributed by atoms with E-state index < -0.39 is 5.60 Å². The van der Waals surface area contributed by atoms with Crippen molar-refractivity contribution in [1.29, 1.82) is 0 Å². The molecule has 1 aliphatic heterocycles. The van der Waals surface area contributed by atoms with Gasteiger partial charge in [-0.2, -0.15) is 5.10 Å². The number of hydrogen-bond acceptors (Lipinski definition) is 7. The predicted molar refractivity (Wildman–Crippen MR) is 162 cm³/mol. The lowest BCUT2D eigenvalue weighted by atomic mass is 9.89. The number of imidazole rings is 1. The Hall–Kier alpha value is -3.60. The second kappa shape index (κ2) is 11.7. The third-order valence-electron chi connectivity index (χ3n) is 8.00. The van der Waals surface area contributed by atoms with Crippen LogP contribution in [0.1, 0.15) is 54.2 Å². The van der Waals surface area contributed by atoms with Gasteiger partial charge in [0, 0.05) is 43.2 Å². The fourth-order valence-corrected chi connectivity index (χ4v) is 5.51. The number of nitrogens with one attached hydrogen (secondary N) is 1. The van der Waals surface area contributed by atoms with Gasteiger partial charge in [0.2, 0.25) is 5.95 Å². The number of benzene rings is 1. The summed E-state index contributed by atoms with van der Waals surface area (Å²) in [5, 5.41) is 18.1. The van der Waals surface area contributed by atoms with E-state index in [1.807, 2.05) is 24.6 Å². The SMILES string of the molecule is Cc1c(-c2cc(C(=O)Nc3nc4ccc(C5CCN(CCN(C)C)CC5)cc4n3CC(C)(C)O)ccn2)cnn1C. The molecule has 4 heterocycles. The first-order chi connectivity index (χ1) is 19.5. The highest BCUT2D eigenvalue weighted by Crippen LogP contribution is 2.32. The molecular weight excluding hydrogens is 516 g/mol. The maximum absolute atomic E-state index is 13.4. The number of carbonyl (C=O) groups excluding carboxylic acids is 1. The molecule has 1 amide bonds. The summed E-state index contributed by atoms with van der Waals surface area (Å²) in [4.78, 5) is 27.5. The standard InChI is InChI=1S/C31H42N8O2/c1-21-25(19-33-37(21)6)27-17-24(9-12-32-27)29(40)35-30-34-26-8-7-23(18-28(26)39(30)20-31(2,3)41)22-10-13-38(14-11-22)16-15-36(4)5/h7-9,12,17-19,22,41H,10-11,13-16,20H2,1-6H3,(H,34,35,40). The van der Waals surface area contributed by atoms with Crippen LogP contribution in [0.2, 0.25) is 0 Å². The van der Waals surface area contributed by atoms with Crippen molar-refractivity contribution in [1.82, 2.24) is 34.1 Å². The normalized spacial score (nSPS) is 15.2. The molecule has 0 bridgehead atoms. The van der Waals surface area contributed by atoms with Gasteiger partial charge in [-0.05, 0) is 96.5 Å². The number of hydrogen-bond donors (Lipinski definition) is 2. The molecule has 0 radical (unpaired) electrons. The first-order valence-corrected chi connectivity index (χ1v) is 14.3. The van der Waals surface area contributed by atoms with Crippen molar-refractivity contribution >= 4 is 22.9 Å². The van der Waals surface area contributed by atoms with Crippen molar-refractivity contribution in [2.24, 2.45) is 7.05 Å². The van der Waals surface area contributed by atoms with Crippen LogP contribution in [-0.2, 0) is 13.6 Å². The van der Waals surface area contributed by atoms with Crippen molar-refractivity contribution in [2.45, 2.75) is 51.7 Å². The Morgan fingerprint density at radius 2 is 1.93 bits per heavy atom. The van der Waals surface area contributed by atoms with Gasteiger partial charge in [0.15, 0.2) is 0 Å². The fourth-order valence-electron chi connectivity index (χ4n) is 5.51. The number of aryl methyl sites for hydroxylation is 1. The second-order valence-electron chi connectivity index (χ2n) is 12.2. The molecule has 1 aliphatic rings. The number of likely N-dealkylation sites (N-methyl/N-ethyl adjacent to an activating group) is 1. The molecule has 0 atom stereocenters. The third-order valence-corrected chi connectivity index (χ3v) is 8.00. The molecule has 1 fully saturated rings. The molecule has 1 saturated heterocycles. The Morgan fingerprint density at radius 1 is 1.17 bits per heavy atom. The summed E-state index contributed by atoms with van der Waals surface area (Å²) in [6.07, 6.45) is 5.62. The lowest BCUT2D eigenvalue weighted by Crippen LogP contribution is -2.37. The molecule has 4 aromatic rings. The van der Waals surface area contributed by atoms with Crippen LogP contribution >= 0.6 is 0 Å². The number of rotatable bonds is 9. The first kappa shape index (κ1) is 28.9. The van der Waals surface area contributed by atoms with Gasteiger partial charge >= 0.3 is 0 Å². The maximum Gasteiger partial charge on any atom is 0.258 e. The van der Waals surface area contributed by atoms with Crippen LogP contribution in [-0.4, -0.2) is 91.0 Å².